The van der Waals surface area contributed by atoms with Gasteiger partial charge in [-0.3, -0.25) is 9.69 Å². The number of nitrogens with one attached hydrogen (secondary N) is 1. The van der Waals surface area contributed by atoms with Crippen LogP contribution in [-0.2, 0) is 13.0 Å². The highest BCUT2D eigenvalue weighted by Crippen LogP contribution is 2.33. The summed E-state index contributed by atoms with van der Waals surface area (Å²) >= 11 is 3.45. The van der Waals surface area contributed by atoms with Crippen LogP contribution in [0, 0.1) is 6.92 Å². The molecular formula is C24H31BrN2O4. The van der Waals surface area contributed by atoms with Crippen molar-refractivity contribution in [2.45, 2.75) is 32.7 Å². The van der Waals surface area contributed by atoms with E-state index < -0.39 is 0 Å². The second-order valence-electron chi connectivity index (χ2n) is 7.77. The summed E-state index contributed by atoms with van der Waals surface area (Å²) in [6.07, 6.45) is 2.96. The van der Waals surface area contributed by atoms with Crippen LogP contribution in [-0.4, -0.2) is 51.8 Å². The quantitative estimate of drug-likeness (QED) is 0.529. The Morgan fingerprint density at radius 3 is 2.42 bits per heavy atom. The van der Waals surface area contributed by atoms with Crippen LogP contribution < -0.4 is 19.5 Å². The third kappa shape index (κ3) is 5.71. The standard InChI is InChI=1S/C24H31BrN2O4/c1-16-11-19(25)14-20(23(16)31-4)24(28)26-8-5-6-9-27-10-7-17-12-21(29-2)22(30-3)13-18(17)15-27/h11-14H,5-10,15H2,1-4H3,(H,26,28). The molecule has 0 spiro atoms. The topological polar surface area (TPSA) is 60.0 Å². The molecule has 0 aromatic heterocycles. The molecule has 6 nitrogen and oxygen atoms in total. The monoisotopic (exact) mass is 490 g/mol. The Kier molecular flexibility index (Phi) is 8.21. The van der Waals surface area contributed by atoms with Crippen molar-refractivity contribution in [1.29, 1.82) is 0 Å². The van der Waals surface area contributed by atoms with Crippen LogP contribution in [0.5, 0.6) is 17.2 Å². The summed E-state index contributed by atoms with van der Waals surface area (Å²) in [5, 5.41) is 3.02. The number of nitrogens with zero attached hydrogens (tertiary/aromatic N) is 1. The fraction of sp³-hybridized carbons (Fsp3) is 0.458. The molecule has 3 rings (SSSR count). The number of unbranched alkanes of at least 4 members (excludes halogenated alkanes) is 1. The van der Waals surface area contributed by atoms with Gasteiger partial charge in [0.1, 0.15) is 5.75 Å². The highest BCUT2D eigenvalue weighted by molar-refractivity contribution is 9.10. The van der Waals surface area contributed by atoms with Crippen molar-refractivity contribution in [2.24, 2.45) is 0 Å². The highest BCUT2D eigenvalue weighted by atomic mass is 79.9. The van der Waals surface area contributed by atoms with Gasteiger partial charge in [-0.1, -0.05) is 15.9 Å². The van der Waals surface area contributed by atoms with Crippen LogP contribution in [0.2, 0.25) is 0 Å². The first kappa shape index (κ1) is 23.4. The molecule has 168 valence electrons. The molecule has 1 aliphatic rings. The lowest BCUT2D eigenvalue weighted by molar-refractivity contribution is 0.0949. The third-order valence-electron chi connectivity index (χ3n) is 5.67. The summed E-state index contributed by atoms with van der Waals surface area (Å²) in [5.74, 6) is 2.10. The van der Waals surface area contributed by atoms with E-state index in [1.54, 1.807) is 27.4 Å². The highest BCUT2D eigenvalue weighted by Gasteiger charge is 2.19. The molecule has 2 aromatic carbocycles. The molecule has 0 unspecified atom stereocenters. The smallest absolute Gasteiger partial charge is 0.255 e. The Hall–Kier alpha value is -2.25. The summed E-state index contributed by atoms with van der Waals surface area (Å²) in [5.41, 5.74) is 4.13. The normalized spacial score (nSPS) is 13.5. The number of carbonyl (C=O) groups excluding carboxylic acids is 1. The second kappa shape index (κ2) is 10.9. The van der Waals surface area contributed by atoms with Gasteiger partial charge in [-0.25, -0.2) is 0 Å². The van der Waals surface area contributed by atoms with Crippen LogP contribution in [0.15, 0.2) is 28.7 Å². The van der Waals surface area contributed by atoms with Gasteiger partial charge in [0.05, 0.1) is 26.9 Å². The Balaban J connectivity index is 1.47. The van der Waals surface area contributed by atoms with Crippen LogP contribution in [0.1, 0.15) is 39.9 Å². The average molecular weight is 491 g/mol. The van der Waals surface area contributed by atoms with Crippen LogP contribution in [0.4, 0.5) is 0 Å². The van der Waals surface area contributed by atoms with Gasteiger partial charge in [-0.05, 0) is 73.7 Å². The molecule has 0 saturated heterocycles. The predicted octanol–water partition coefficient (Wildman–Crippen LogP) is 4.35. The van der Waals surface area contributed by atoms with E-state index in [-0.39, 0.29) is 5.91 Å². The van der Waals surface area contributed by atoms with E-state index in [0.717, 1.165) is 60.4 Å². The van der Waals surface area contributed by atoms with Crippen molar-refractivity contribution in [3.63, 3.8) is 0 Å². The zero-order valence-electron chi connectivity index (χ0n) is 18.7. The molecule has 1 aliphatic heterocycles. The lowest BCUT2D eigenvalue weighted by Crippen LogP contribution is -2.32. The molecule has 1 heterocycles. The van der Waals surface area contributed by atoms with E-state index in [4.69, 9.17) is 14.2 Å². The molecule has 0 fully saturated rings. The Morgan fingerprint density at radius 1 is 1.03 bits per heavy atom. The molecule has 7 heteroatoms. The maximum absolute atomic E-state index is 12.6. The van der Waals surface area contributed by atoms with Crippen LogP contribution in [0.25, 0.3) is 0 Å². The molecule has 1 N–H and O–H groups in total. The van der Waals surface area contributed by atoms with Gasteiger partial charge in [0.25, 0.3) is 5.91 Å². The Morgan fingerprint density at radius 2 is 1.74 bits per heavy atom. The van der Waals surface area contributed by atoms with E-state index in [0.29, 0.717) is 17.9 Å². The summed E-state index contributed by atoms with van der Waals surface area (Å²) in [4.78, 5) is 15.1. The summed E-state index contributed by atoms with van der Waals surface area (Å²) in [7, 11) is 4.94. The summed E-state index contributed by atoms with van der Waals surface area (Å²) < 4.78 is 17.1. The molecule has 0 aliphatic carbocycles. The van der Waals surface area contributed by atoms with Gasteiger partial charge in [0.2, 0.25) is 0 Å². The minimum atomic E-state index is -0.103. The van der Waals surface area contributed by atoms with Crippen LogP contribution >= 0.6 is 15.9 Å². The fourth-order valence-electron chi connectivity index (χ4n) is 4.06. The lowest BCUT2D eigenvalue weighted by atomic mass is 9.98. The Bertz CT molecular complexity index is 932. The first-order valence-electron chi connectivity index (χ1n) is 10.5. The Labute approximate surface area is 193 Å². The van der Waals surface area contributed by atoms with E-state index >= 15 is 0 Å². The maximum atomic E-state index is 12.6. The van der Waals surface area contributed by atoms with Crippen LogP contribution in [0.3, 0.4) is 0 Å². The van der Waals surface area contributed by atoms with E-state index in [9.17, 15) is 4.79 Å². The molecule has 0 bridgehead atoms. The summed E-state index contributed by atoms with van der Waals surface area (Å²) in [6.45, 7) is 5.52. The minimum absolute atomic E-state index is 0.103. The average Bonchev–Trinajstić information content (AvgIpc) is 2.77. The van der Waals surface area contributed by atoms with Gasteiger partial charge in [0, 0.05) is 24.1 Å². The number of aryl methyl sites for hydroxylation is 1. The molecule has 2 aromatic rings. The van der Waals surface area contributed by atoms with E-state index in [1.165, 1.54) is 11.1 Å². The molecule has 31 heavy (non-hydrogen) atoms. The molecule has 0 radical (unpaired) electrons. The first-order chi connectivity index (χ1) is 15.0. The van der Waals surface area contributed by atoms with E-state index in [2.05, 4.69) is 38.3 Å². The fourth-order valence-corrected chi connectivity index (χ4v) is 4.63. The number of methoxy groups -OCH3 is 3. The number of fused-ring (bicyclic) bond motifs is 1. The largest absolute Gasteiger partial charge is 0.496 e. The SMILES string of the molecule is COc1cc2c(cc1OC)CN(CCCCNC(=O)c1cc(Br)cc(C)c1OC)CC2. The van der Waals surface area contributed by atoms with Gasteiger partial charge in [-0.15, -0.1) is 0 Å². The van der Waals surface area contributed by atoms with E-state index in [1.807, 2.05) is 13.0 Å². The number of carbonyl (C=O) groups is 1. The molecule has 1 amide bonds. The number of amides is 1. The van der Waals surface area contributed by atoms with Crippen molar-refractivity contribution >= 4 is 21.8 Å². The second-order valence-corrected chi connectivity index (χ2v) is 8.68. The summed E-state index contributed by atoms with van der Waals surface area (Å²) in [6, 6.07) is 7.93. The predicted molar refractivity (Wildman–Crippen MR) is 126 cm³/mol. The number of halogens is 1. The van der Waals surface area contributed by atoms with Gasteiger partial charge in [0.15, 0.2) is 11.5 Å². The van der Waals surface area contributed by atoms with Gasteiger partial charge in [-0.2, -0.15) is 0 Å². The van der Waals surface area contributed by atoms with Crippen molar-refractivity contribution < 1.29 is 19.0 Å². The van der Waals surface area contributed by atoms with Crippen molar-refractivity contribution in [3.05, 3.63) is 51.0 Å². The minimum Gasteiger partial charge on any atom is -0.496 e. The number of hydrogen-bond acceptors (Lipinski definition) is 5. The molecular weight excluding hydrogens is 460 g/mol. The van der Waals surface area contributed by atoms with Crippen molar-refractivity contribution in [2.75, 3.05) is 41.0 Å². The zero-order chi connectivity index (χ0) is 22.4. The molecule has 0 saturated carbocycles. The van der Waals surface area contributed by atoms with Crippen molar-refractivity contribution in [3.8, 4) is 17.2 Å². The van der Waals surface area contributed by atoms with Crippen molar-refractivity contribution in [1.82, 2.24) is 10.2 Å². The zero-order valence-corrected chi connectivity index (χ0v) is 20.3. The first-order valence-corrected chi connectivity index (χ1v) is 11.3. The number of hydrogen-bond donors (Lipinski definition) is 1. The number of rotatable bonds is 9. The number of ether oxygens (including phenoxy) is 3. The van der Waals surface area contributed by atoms with Gasteiger partial charge >= 0.3 is 0 Å². The number of benzene rings is 2. The maximum Gasteiger partial charge on any atom is 0.255 e. The third-order valence-corrected chi connectivity index (χ3v) is 6.13. The van der Waals surface area contributed by atoms with Gasteiger partial charge < -0.3 is 19.5 Å². The lowest BCUT2D eigenvalue weighted by Gasteiger charge is -2.29. The molecule has 0 atom stereocenters.